The van der Waals surface area contributed by atoms with Crippen molar-refractivity contribution < 1.29 is 23.9 Å². The van der Waals surface area contributed by atoms with Gasteiger partial charge < -0.3 is 19.7 Å². The van der Waals surface area contributed by atoms with Crippen molar-refractivity contribution in [1.29, 1.82) is 0 Å². The van der Waals surface area contributed by atoms with E-state index >= 15 is 0 Å². The van der Waals surface area contributed by atoms with Gasteiger partial charge in [-0.05, 0) is 37.1 Å². The summed E-state index contributed by atoms with van der Waals surface area (Å²) < 4.78 is 10.0. The largest absolute Gasteiger partial charge is 0.494 e. The third kappa shape index (κ3) is 9.44. The van der Waals surface area contributed by atoms with E-state index in [1.54, 1.807) is 11.0 Å². The van der Waals surface area contributed by atoms with Gasteiger partial charge in [0.05, 0.1) is 20.1 Å². The van der Waals surface area contributed by atoms with Gasteiger partial charge in [-0.25, -0.2) is 0 Å². The number of carbonyl (C=O) groups is 3. The predicted octanol–water partition coefficient (Wildman–Crippen LogP) is 2.02. The van der Waals surface area contributed by atoms with E-state index in [4.69, 9.17) is 4.74 Å². The average Bonchev–Trinajstić information content (AvgIpc) is 2.66. The first kappa shape index (κ1) is 22.2. The van der Waals surface area contributed by atoms with Gasteiger partial charge in [-0.2, -0.15) is 0 Å². The van der Waals surface area contributed by atoms with Crippen LogP contribution in [-0.4, -0.2) is 56.0 Å². The molecule has 0 aliphatic rings. The van der Waals surface area contributed by atoms with Crippen LogP contribution in [0.2, 0.25) is 0 Å². The van der Waals surface area contributed by atoms with Crippen LogP contribution < -0.4 is 10.1 Å². The van der Waals surface area contributed by atoms with E-state index in [0.717, 1.165) is 11.3 Å². The first-order chi connectivity index (χ1) is 13.0. The first-order valence-corrected chi connectivity index (χ1v) is 8.97. The zero-order chi connectivity index (χ0) is 20.1. The third-order valence-electron chi connectivity index (χ3n) is 3.71. The summed E-state index contributed by atoms with van der Waals surface area (Å²) in [6, 6.07) is 7.42. The Bertz CT molecular complexity index is 640. The molecule has 0 fully saturated rings. The molecule has 0 aromatic heterocycles. The van der Waals surface area contributed by atoms with E-state index in [1.165, 1.54) is 20.1 Å². The molecular formula is C20H28N2O5. The lowest BCUT2D eigenvalue weighted by Gasteiger charge is -2.20. The van der Waals surface area contributed by atoms with Crippen molar-refractivity contribution in [2.45, 2.75) is 26.7 Å². The van der Waals surface area contributed by atoms with Gasteiger partial charge in [-0.3, -0.25) is 14.4 Å². The van der Waals surface area contributed by atoms with Gasteiger partial charge >= 0.3 is 5.97 Å². The zero-order valence-corrected chi connectivity index (χ0v) is 16.2. The Morgan fingerprint density at radius 1 is 1.15 bits per heavy atom. The van der Waals surface area contributed by atoms with Gasteiger partial charge in [0.2, 0.25) is 11.8 Å². The number of amides is 2. The number of hydrogen-bond donors (Lipinski definition) is 1. The van der Waals surface area contributed by atoms with Gasteiger partial charge in [0.1, 0.15) is 5.75 Å². The van der Waals surface area contributed by atoms with E-state index in [9.17, 15) is 14.4 Å². The fourth-order valence-corrected chi connectivity index (χ4v) is 2.31. The Labute approximate surface area is 160 Å². The van der Waals surface area contributed by atoms with Crippen molar-refractivity contribution in [2.24, 2.45) is 0 Å². The summed E-state index contributed by atoms with van der Waals surface area (Å²) in [5.41, 5.74) is 0.873. The van der Waals surface area contributed by atoms with Crippen LogP contribution in [0.5, 0.6) is 5.75 Å². The van der Waals surface area contributed by atoms with Crippen LogP contribution in [0.25, 0.3) is 6.08 Å². The van der Waals surface area contributed by atoms with Gasteiger partial charge in [0.25, 0.3) is 0 Å². The van der Waals surface area contributed by atoms with E-state index in [2.05, 4.69) is 10.1 Å². The van der Waals surface area contributed by atoms with Crippen molar-refractivity contribution in [3.8, 4) is 5.75 Å². The van der Waals surface area contributed by atoms with Crippen molar-refractivity contribution in [3.05, 3.63) is 35.9 Å². The molecule has 27 heavy (non-hydrogen) atoms. The van der Waals surface area contributed by atoms with Gasteiger partial charge in [-0.1, -0.05) is 12.1 Å². The molecule has 0 radical (unpaired) electrons. The van der Waals surface area contributed by atoms with Crippen LogP contribution in [-0.2, 0) is 19.1 Å². The van der Waals surface area contributed by atoms with Crippen LogP contribution in [0.1, 0.15) is 32.3 Å². The fraction of sp³-hybridized carbons (Fsp3) is 0.450. The lowest BCUT2D eigenvalue weighted by atomic mass is 10.2. The number of hydrogen-bond acceptors (Lipinski definition) is 5. The van der Waals surface area contributed by atoms with Crippen molar-refractivity contribution in [3.63, 3.8) is 0 Å². The molecule has 1 aromatic carbocycles. The number of carbonyl (C=O) groups excluding carboxylic acids is 3. The second-order valence-electron chi connectivity index (χ2n) is 5.82. The number of esters is 1. The monoisotopic (exact) mass is 376 g/mol. The molecule has 0 spiro atoms. The van der Waals surface area contributed by atoms with Crippen LogP contribution >= 0.6 is 0 Å². The molecule has 0 atom stereocenters. The van der Waals surface area contributed by atoms with Crippen molar-refractivity contribution in [2.75, 3.05) is 33.4 Å². The molecule has 7 heteroatoms. The van der Waals surface area contributed by atoms with Gasteiger partial charge in [0, 0.05) is 32.6 Å². The number of ether oxygens (including phenoxy) is 2. The van der Waals surface area contributed by atoms with Gasteiger partial charge in [0.15, 0.2) is 0 Å². The highest BCUT2D eigenvalue weighted by Gasteiger charge is 2.13. The quantitative estimate of drug-likeness (QED) is 0.363. The zero-order valence-electron chi connectivity index (χ0n) is 16.2. The van der Waals surface area contributed by atoms with E-state index in [-0.39, 0.29) is 30.7 Å². The maximum absolute atomic E-state index is 12.5. The fourth-order valence-electron chi connectivity index (χ4n) is 2.31. The molecule has 0 saturated heterocycles. The molecule has 148 valence electrons. The molecule has 2 amide bonds. The maximum atomic E-state index is 12.5. The predicted molar refractivity (Wildman–Crippen MR) is 103 cm³/mol. The minimum atomic E-state index is -0.370. The van der Waals surface area contributed by atoms with E-state index in [0.29, 0.717) is 26.1 Å². The molecule has 7 nitrogen and oxygen atoms in total. The van der Waals surface area contributed by atoms with Crippen LogP contribution in [0, 0.1) is 0 Å². The first-order valence-electron chi connectivity index (χ1n) is 8.97. The Morgan fingerprint density at radius 2 is 1.85 bits per heavy atom. The molecule has 0 aliphatic heterocycles. The normalized spacial score (nSPS) is 10.5. The van der Waals surface area contributed by atoms with Crippen molar-refractivity contribution >= 4 is 23.9 Å². The molecule has 1 N–H and O–H groups in total. The molecular weight excluding hydrogens is 348 g/mol. The van der Waals surface area contributed by atoms with Crippen LogP contribution in [0.3, 0.4) is 0 Å². The number of nitrogens with one attached hydrogen (secondary N) is 1. The van der Waals surface area contributed by atoms with Crippen LogP contribution in [0.4, 0.5) is 0 Å². The smallest absolute Gasteiger partial charge is 0.307 e. The molecule has 0 unspecified atom stereocenters. The summed E-state index contributed by atoms with van der Waals surface area (Å²) in [6.07, 6.45) is 3.92. The second-order valence-corrected chi connectivity index (χ2v) is 5.82. The summed E-state index contributed by atoms with van der Waals surface area (Å²) >= 11 is 0. The standard InChI is InChI=1S/C20H28N2O5/c1-4-27-18-9-6-17(7-10-18)8-11-19(24)22(15-12-20(25)26-3)14-5-13-21-16(2)23/h6-11H,4-5,12-15H2,1-3H3,(H,21,23)/b11-8+. The Hall–Kier alpha value is -2.83. The lowest BCUT2D eigenvalue weighted by Crippen LogP contribution is -2.34. The molecule has 1 rings (SSSR count). The highest BCUT2D eigenvalue weighted by Crippen LogP contribution is 2.13. The number of methoxy groups -OCH3 is 1. The van der Waals surface area contributed by atoms with E-state index < -0.39 is 0 Å². The number of benzene rings is 1. The van der Waals surface area contributed by atoms with Gasteiger partial charge in [-0.15, -0.1) is 0 Å². The highest BCUT2D eigenvalue weighted by atomic mass is 16.5. The maximum Gasteiger partial charge on any atom is 0.307 e. The Balaban J connectivity index is 2.65. The average molecular weight is 376 g/mol. The van der Waals surface area contributed by atoms with Crippen LogP contribution in [0.15, 0.2) is 30.3 Å². The Kier molecular flexibility index (Phi) is 10.3. The summed E-state index contributed by atoms with van der Waals surface area (Å²) in [6.45, 7) is 5.13. The van der Waals surface area contributed by atoms with Crippen molar-refractivity contribution in [1.82, 2.24) is 10.2 Å². The molecule has 1 aromatic rings. The number of nitrogens with zero attached hydrogens (tertiary/aromatic N) is 1. The minimum absolute atomic E-state index is 0.113. The number of rotatable bonds is 11. The summed E-state index contributed by atoms with van der Waals surface area (Å²) in [5, 5.41) is 2.69. The van der Waals surface area contributed by atoms with E-state index in [1.807, 2.05) is 31.2 Å². The SMILES string of the molecule is CCOc1ccc(/C=C/C(=O)N(CCCNC(C)=O)CCC(=O)OC)cc1. The topological polar surface area (TPSA) is 84.9 Å². The summed E-state index contributed by atoms with van der Waals surface area (Å²) in [5.74, 6) is 0.0947. The lowest BCUT2D eigenvalue weighted by molar-refractivity contribution is -0.141. The highest BCUT2D eigenvalue weighted by molar-refractivity contribution is 5.92. The molecule has 0 aliphatic carbocycles. The Morgan fingerprint density at radius 3 is 2.44 bits per heavy atom. The third-order valence-corrected chi connectivity index (χ3v) is 3.71. The summed E-state index contributed by atoms with van der Waals surface area (Å²) in [7, 11) is 1.32. The molecule has 0 saturated carbocycles. The minimum Gasteiger partial charge on any atom is -0.494 e. The summed E-state index contributed by atoms with van der Waals surface area (Å²) in [4.78, 5) is 36.4. The molecule has 0 heterocycles. The second kappa shape index (κ2) is 12.5. The molecule has 0 bridgehead atoms.